The van der Waals surface area contributed by atoms with E-state index >= 15 is 0 Å². The van der Waals surface area contributed by atoms with Gasteiger partial charge in [-0.1, -0.05) is 11.6 Å². The molecule has 0 unspecified atom stereocenters. The first kappa shape index (κ1) is 16.0. The quantitative estimate of drug-likeness (QED) is 0.760. The van der Waals surface area contributed by atoms with Crippen LogP contribution in [0.1, 0.15) is 15.9 Å². The molecular weight excluding hydrogens is 284 g/mol. The second-order valence-electron chi connectivity index (χ2n) is 4.18. The van der Waals surface area contributed by atoms with Gasteiger partial charge in [0.25, 0.3) is 5.91 Å². The maximum atomic E-state index is 12.0. The highest BCUT2D eigenvalue weighted by Gasteiger charge is 2.15. The van der Waals surface area contributed by atoms with Gasteiger partial charge in [0.05, 0.1) is 24.6 Å². The number of carbonyl (C=O) groups excluding carboxylic acids is 2. The number of hydrogen-bond acceptors (Lipinski definition) is 5. The van der Waals surface area contributed by atoms with E-state index in [0.29, 0.717) is 0 Å². The van der Waals surface area contributed by atoms with Crippen LogP contribution in [0.4, 0.5) is 5.69 Å². The van der Waals surface area contributed by atoms with Crippen molar-refractivity contribution in [3.05, 3.63) is 29.3 Å². The lowest BCUT2D eigenvalue weighted by molar-refractivity contribution is -0.139. The molecule has 8 heteroatoms. The van der Waals surface area contributed by atoms with E-state index in [4.69, 9.17) is 0 Å². The van der Waals surface area contributed by atoms with Crippen molar-refractivity contribution in [3.8, 4) is 0 Å². The van der Waals surface area contributed by atoms with Crippen molar-refractivity contribution in [2.75, 3.05) is 24.6 Å². The topological polar surface area (TPSA) is 102 Å². The number of rotatable bonds is 5. The van der Waals surface area contributed by atoms with Crippen molar-refractivity contribution < 1.29 is 22.7 Å². The molecule has 0 radical (unpaired) electrons. The molecular formula is C12H16N2O5S. The van der Waals surface area contributed by atoms with Crippen molar-refractivity contribution >= 4 is 27.6 Å². The van der Waals surface area contributed by atoms with Crippen LogP contribution in [0.15, 0.2) is 18.2 Å². The fraction of sp³-hybridized carbons (Fsp3) is 0.333. The second kappa shape index (κ2) is 6.38. The molecule has 0 aliphatic carbocycles. The number of carbonyl (C=O) groups is 2. The highest BCUT2D eigenvalue weighted by Crippen LogP contribution is 2.18. The molecule has 1 amide bonds. The Kier molecular flexibility index (Phi) is 5.09. The largest absolute Gasteiger partial charge is 0.468 e. The second-order valence-corrected chi connectivity index (χ2v) is 5.93. The Hall–Kier alpha value is -2.09. The molecule has 1 rings (SSSR count). The monoisotopic (exact) mass is 300 g/mol. The van der Waals surface area contributed by atoms with Crippen molar-refractivity contribution in [2.24, 2.45) is 0 Å². The normalized spacial score (nSPS) is 10.8. The SMILES string of the molecule is COC(=O)CNC(=O)c1cc(C)ccc1NS(C)(=O)=O. The van der Waals surface area contributed by atoms with Gasteiger partial charge < -0.3 is 10.1 Å². The lowest BCUT2D eigenvalue weighted by Gasteiger charge is -2.11. The molecule has 20 heavy (non-hydrogen) atoms. The summed E-state index contributed by atoms with van der Waals surface area (Å²) in [6.07, 6.45) is 0.989. The van der Waals surface area contributed by atoms with Crippen molar-refractivity contribution in [1.82, 2.24) is 5.32 Å². The summed E-state index contributed by atoms with van der Waals surface area (Å²) in [6.45, 7) is 1.48. The van der Waals surface area contributed by atoms with E-state index in [9.17, 15) is 18.0 Å². The molecule has 0 aliphatic rings. The Balaban J connectivity index is 3.00. The Labute approximate surface area is 117 Å². The molecule has 1 aromatic carbocycles. The molecule has 0 heterocycles. The van der Waals surface area contributed by atoms with Gasteiger partial charge in [0, 0.05) is 0 Å². The van der Waals surface area contributed by atoms with Gasteiger partial charge in [-0.25, -0.2) is 8.42 Å². The first-order valence-electron chi connectivity index (χ1n) is 5.66. The zero-order valence-electron chi connectivity index (χ0n) is 11.4. The first-order chi connectivity index (χ1) is 9.23. The summed E-state index contributed by atoms with van der Waals surface area (Å²) >= 11 is 0. The van der Waals surface area contributed by atoms with Gasteiger partial charge >= 0.3 is 5.97 Å². The van der Waals surface area contributed by atoms with Gasteiger partial charge in [0.2, 0.25) is 10.0 Å². The maximum absolute atomic E-state index is 12.0. The number of amides is 1. The molecule has 0 aliphatic heterocycles. The highest BCUT2D eigenvalue weighted by atomic mass is 32.2. The van der Waals surface area contributed by atoms with Crippen molar-refractivity contribution in [3.63, 3.8) is 0 Å². The molecule has 0 spiro atoms. The lowest BCUT2D eigenvalue weighted by atomic mass is 10.1. The third-order valence-corrected chi connectivity index (χ3v) is 2.93. The van der Waals surface area contributed by atoms with Crippen LogP contribution in [-0.4, -0.2) is 40.2 Å². The van der Waals surface area contributed by atoms with E-state index in [-0.39, 0.29) is 17.8 Å². The van der Waals surface area contributed by atoms with E-state index in [0.717, 1.165) is 11.8 Å². The molecule has 0 saturated carbocycles. The highest BCUT2D eigenvalue weighted by molar-refractivity contribution is 7.92. The van der Waals surface area contributed by atoms with E-state index in [1.165, 1.54) is 19.2 Å². The molecule has 2 N–H and O–H groups in total. The van der Waals surface area contributed by atoms with E-state index < -0.39 is 21.9 Å². The Bertz CT molecular complexity index is 625. The van der Waals surface area contributed by atoms with Gasteiger partial charge in [-0.2, -0.15) is 0 Å². The van der Waals surface area contributed by atoms with E-state index in [1.54, 1.807) is 13.0 Å². The lowest BCUT2D eigenvalue weighted by Crippen LogP contribution is -2.31. The maximum Gasteiger partial charge on any atom is 0.325 e. The summed E-state index contributed by atoms with van der Waals surface area (Å²) in [5.74, 6) is -1.16. The van der Waals surface area contributed by atoms with Gasteiger partial charge in [-0.05, 0) is 19.1 Å². The predicted octanol–water partition coefficient (Wildman–Crippen LogP) is 0.269. The molecule has 110 valence electrons. The molecule has 0 atom stereocenters. The Morgan fingerprint density at radius 1 is 1.30 bits per heavy atom. The summed E-state index contributed by atoms with van der Waals surface area (Å²) in [4.78, 5) is 23.0. The molecule has 1 aromatic rings. The number of anilines is 1. The van der Waals surface area contributed by atoms with Crippen molar-refractivity contribution in [2.45, 2.75) is 6.92 Å². The number of hydrogen-bond donors (Lipinski definition) is 2. The van der Waals surface area contributed by atoms with Crippen LogP contribution in [0.3, 0.4) is 0 Å². The molecule has 0 bridgehead atoms. The summed E-state index contributed by atoms with van der Waals surface area (Å²) in [6, 6.07) is 4.69. The minimum Gasteiger partial charge on any atom is -0.468 e. The molecule has 7 nitrogen and oxygen atoms in total. The summed E-state index contributed by atoms with van der Waals surface area (Å²) in [5, 5.41) is 2.35. The molecule has 0 fully saturated rings. The van der Waals surface area contributed by atoms with E-state index in [2.05, 4.69) is 14.8 Å². The smallest absolute Gasteiger partial charge is 0.325 e. The third kappa shape index (κ3) is 4.88. The Morgan fingerprint density at radius 3 is 2.50 bits per heavy atom. The zero-order chi connectivity index (χ0) is 15.3. The summed E-state index contributed by atoms with van der Waals surface area (Å²) in [5.41, 5.74) is 1.08. The van der Waals surface area contributed by atoms with Gasteiger partial charge in [0.1, 0.15) is 6.54 Å². The average molecular weight is 300 g/mol. The number of methoxy groups -OCH3 is 1. The number of nitrogens with one attached hydrogen (secondary N) is 2. The molecule has 0 aromatic heterocycles. The van der Waals surface area contributed by atoms with Crippen LogP contribution in [0.5, 0.6) is 0 Å². The average Bonchev–Trinajstić information content (AvgIpc) is 2.36. The fourth-order valence-corrected chi connectivity index (χ4v) is 2.03. The molecule has 0 saturated heterocycles. The number of benzene rings is 1. The van der Waals surface area contributed by atoms with Gasteiger partial charge in [0.15, 0.2) is 0 Å². The first-order valence-corrected chi connectivity index (χ1v) is 7.55. The standard InChI is InChI=1S/C12H16N2O5S/c1-8-4-5-10(14-20(3,17)18)9(6-8)12(16)13-7-11(15)19-2/h4-6,14H,7H2,1-3H3,(H,13,16). The van der Waals surface area contributed by atoms with Crippen LogP contribution in [-0.2, 0) is 19.6 Å². The number of esters is 1. The number of ether oxygens (including phenoxy) is 1. The number of aryl methyl sites for hydroxylation is 1. The van der Waals surface area contributed by atoms with Gasteiger partial charge in [-0.15, -0.1) is 0 Å². The minimum atomic E-state index is -3.50. The summed E-state index contributed by atoms with van der Waals surface area (Å²) in [7, 11) is -2.30. The van der Waals surface area contributed by atoms with Gasteiger partial charge in [-0.3, -0.25) is 14.3 Å². The number of sulfonamides is 1. The summed E-state index contributed by atoms with van der Waals surface area (Å²) < 4.78 is 29.2. The van der Waals surface area contributed by atoms with Crippen LogP contribution in [0, 0.1) is 6.92 Å². The van der Waals surface area contributed by atoms with Crippen LogP contribution >= 0.6 is 0 Å². The predicted molar refractivity (Wildman–Crippen MR) is 74.0 cm³/mol. The Morgan fingerprint density at radius 2 is 1.95 bits per heavy atom. The van der Waals surface area contributed by atoms with Crippen LogP contribution in [0.25, 0.3) is 0 Å². The fourth-order valence-electron chi connectivity index (χ4n) is 1.45. The third-order valence-electron chi connectivity index (χ3n) is 2.34. The zero-order valence-corrected chi connectivity index (χ0v) is 12.2. The van der Waals surface area contributed by atoms with Crippen LogP contribution < -0.4 is 10.0 Å². The minimum absolute atomic E-state index is 0.138. The van der Waals surface area contributed by atoms with Crippen molar-refractivity contribution in [1.29, 1.82) is 0 Å². The van der Waals surface area contributed by atoms with Crippen LogP contribution in [0.2, 0.25) is 0 Å². The van der Waals surface area contributed by atoms with E-state index in [1.807, 2.05) is 0 Å².